The van der Waals surface area contributed by atoms with Crippen LogP contribution in [0, 0.1) is 0 Å². The molecule has 2 aliphatic rings. The number of likely N-dealkylation sites (N-methyl/N-ethyl adjacent to an activating group) is 1. The van der Waals surface area contributed by atoms with Gasteiger partial charge < -0.3 is 10.0 Å². The van der Waals surface area contributed by atoms with E-state index in [1.807, 2.05) is 6.92 Å². The first-order chi connectivity index (χ1) is 8.61. The predicted molar refractivity (Wildman–Crippen MR) is 70.8 cm³/mol. The van der Waals surface area contributed by atoms with Crippen LogP contribution in [-0.4, -0.2) is 84.2 Å². The zero-order valence-electron chi connectivity index (χ0n) is 11.5. The molecule has 0 aromatic rings. The third-order valence-corrected chi connectivity index (χ3v) is 4.42. The molecule has 1 atom stereocenters. The normalized spacial score (nSPS) is 29.6. The van der Waals surface area contributed by atoms with Gasteiger partial charge in [-0.1, -0.05) is 6.92 Å². The zero-order chi connectivity index (χ0) is 13.1. The highest BCUT2D eigenvalue weighted by Crippen LogP contribution is 2.19. The van der Waals surface area contributed by atoms with Gasteiger partial charge in [-0.3, -0.25) is 14.6 Å². The van der Waals surface area contributed by atoms with Crippen molar-refractivity contribution < 1.29 is 9.90 Å². The van der Waals surface area contributed by atoms with Gasteiger partial charge in [-0.2, -0.15) is 0 Å². The summed E-state index contributed by atoms with van der Waals surface area (Å²) in [4.78, 5) is 18.2. The Bertz CT molecular complexity index is 290. The molecule has 0 unspecified atom stereocenters. The highest BCUT2D eigenvalue weighted by molar-refractivity contribution is 5.74. The highest BCUT2D eigenvalue weighted by atomic mass is 16.4. The Hall–Kier alpha value is -0.650. The van der Waals surface area contributed by atoms with Gasteiger partial charge in [0, 0.05) is 25.7 Å². The van der Waals surface area contributed by atoms with Gasteiger partial charge in [0.15, 0.2) is 0 Å². The fourth-order valence-electron chi connectivity index (χ4n) is 3.15. The molecule has 0 aromatic carbocycles. The first kappa shape index (κ1) is 13.8. The van der Waals surface area contributed by atoms with E-state index < -0.39 is 5.97 Å². The summed E-state index contributed by atoms with van der Waals surface area (Å²) in [6.07, 6.45) is 2.35. The topological polar surface area (TPSA) is 47.0 Å². The van der Waals surface area contributed by atoms with Gasteiger partial charge in [0.2, 0.25) is 0 Å². The molecule has 2 heterocycles. The number of carbonyl (C=O) groups is 1. The Morgan fingerprint density at radius 1 is 1.22 bits per heavy atom. The number of hydrogen-bond acceptors (Lipinski definition) is 4. The van der Waals surface area contributed by atoms with E-state index in [0.29, 0.717) is 12.6 Å². The van der Waals surface area contributed by atoms with E-state index in [9.17, 15) is 9.90 Å². The molecule has 2 fully saturated rings. The predicted octanol–water partition coefficient (Wildman–Crippen LogP) is 0.171. The summed E-state index contributed by atoms with van der Waals surface area (Å²) in [6, 6.07) is 0.269. The van der Waals surface area contributed by atoms with Crippen LogP contribution in [0.15, 0.2) is 0 Å². The van der Waals surface area contributed by atoms with Gasteiger partial charge in [-0.05, 0) is 39.5 Å². The van der Waals surface area contributed by atoms with E-state index in [1.165, 1.54) is 12.8 Å². The first-order valence-corrected chi connectivity index (χ1v) is 7.01. The van der Waals surface area contributed by atoms with Crippen LogP contribution in [0.4, 0.5) is 0 Å². The maximum atomic E-state index is 11.3. The second-order valence-corrected chi connectivity index (χ2v) is 5.51. The largest absolute Gasteiger partial charge is 0.480 e. The minimum absolute atomic E-state index is 0.316. The maximum absolute atomic E-state index is 11.3. The molecule has 5 nitrogen and oxygen atoms in total. The van der Waals surface area contributed by atoms with Crippen LogP contribution in [0.3, 0.4) is 0 Å². The van der Waals surface area contributed by atoms with Crippen molar-refractivity contribution >= 4 is 5.97 Å². The van der Waals surface area contributed by atoms with Crippen molar-refractivity contribution in [2.75, 3.05) is 46.3 Å². The summed E-state index contributed by atoms with van der Waals surface area (Å²) in [5, 5.41) is 9.32. The van der Waals surface area contributed by atoms with Crippen LogP contribution in [0.5, 0.6) is 0 Å². The van der Waals surface area contributed by atoms with Crippen molar-refractivity contribution in [3.05, 3.63) is 0 Å². The molecule has 5 heteroatoms. The molecule has 0 amide bonds. The summed E-state index contributed by atoms with van der Waals surface area (Å²) in [5.41, 5.74) is 0. The van der Waals surface area contributed by atoms with E-state index in [1.54, 1.807) is 0 Å². The third-order valence-electron chi connectivity index (χ3n) is 4.42. The molecule has 1 N–H and O–H groups in total. The molecule has 0 spiro atoms. The minimum atomic E-state index is -0.672. The molecule has 2 rings (SSSR count). The van der Waals surface area contributed by atoms with Crippen LogP contribution >= 0.6 is 0 Å². The molecule has 2 aliphatic heterocycles. The minimum Gasteiger partial charge on any atom is -0.480 e. The molecule has 0 radical (unpaired) electrons. The third kappa shape index (κ3) is 3.02. The average molecular weight is 255 g/mol. The van der Waals surface area contributed by atoms with Crippen LogP contribution in [0.2, 0.25) is 0 Å². The van der Waals surface area contributed by atoms with Crippen LogP contribution < -0.4 is 0 Å². The molecule has 2 saturated heterocycles. The van der Waals surface area contributed by atoms with Crippen molar-refractivity contribution in [1.82, 2.24) is 14.7 Å². The number of likely N-dealkylation sites (tertiary alicyclic amines) is 1. The Balaban J connectivity index is 1.93. The number of nitrogens with zero attached hydrogens (tertiary/aromatic N) is 3. The van der Waals surface area contributed by atoms with Crippen molar-refractivity contribution in [1.29, 1.82) is 0 Å². The van der Waals surface area contributed by atoms with Gasteiger partial charge in [0.25, 0.3) is 0 Å². The number of piperazine rings is 1. The molecule has 104 valence electrons. The van der Waals surface area contributed by atoms with Gasteiger partial charge in [-0.25, -0.2) is 0 Å². The monoisotopic (exact) mass is 255 g/mol. The number of piperidine rings is 1. The van der Waals surface area contributed by atoms with E-state index in [0.717, 1.165) is 32.7 Å². The molecular weight excluding hydrogens is 230 g/mol. The summed E-state index contributed by atoms with van der Waals surface area (Å²) in [5.74, 6) is -0.672. The van der Waals surface area contributed by atoms with Gasteiger partial charge >= 0.3 is 5.97 Å². The van der Waals surface area contributed by atoms with E-state index in [4.69, 9.17) is 0 Å². The second-order valence-electron chi connectivity index (χ2n) is 5.51. The van der Waals surface area contributed by atoms with E-state index >= 15 is 0 Å². The quantitative estimate of drug-likeness (QED) is 0.779. The Morgan fingerprint density at radius 3 is 2.44 bits per heavy atom. The highest BCUT2D eigenvalue weighted by Gasteiger charge is 2.34. The maximum Gasteiger partial charge on any atom is 0.322 e. The lowest BCUT2D eigenvalue weighted by Crippen LogP contribution is -2.59. The van der Waals surface area contributed by atoms with E-state index in [-0.39, 0.29) is 6.04 Å². The Kier molecular flexibility index (Phi) is 4.59. The van der Waals surface area contributed by atoms with Crippen molar-refractivity contribution in [2.24, 2.45) is 0 Å². The lowest BCUT2D eigenvalue weighted by atomic mass is 10.0. The summed E-state index contributed by atoms with van der Waals surface area (Å²) in [6.45, 7) is 7.75. The fourth-order valence-corrected chi connectivity index (χ4v) is 3.15. The molecule has 0 bridgehead atoms. The van der Waals surface area contributed by atoms with Crippen molar-refractivity contribution in [2.45, 2.75) is 31.8 Å². The van der Waals surface area contributed by atoms with Gasteiger partial charge in [0.05, 0.1) is 0 Å². The molecular formula is C13H25N3O2. The number of carboxylic acid groups (broad SMARTS) is 1. The molecule has 0 aliphatic carbocycles. The fraction of sp³-hybridized carbons (Fsp3) is 0.923. The van der Waals surface area contributed by atoms with Gasteiger partial charge in [-0.15, -0.1) is 0 Å². The Labute approximate surface area is 109 Å². The Morgan fingerprint density at radius 2 is 1.89 bits per heavy atom. The van der Waals surface area contributed by atoms with Crippen molar-refractivity contribution in [3.8, 4) is 0 Å². The van der Waals surface area contributed by atoms with E-state index in [2.05, 4.69) is 21.7 Å². The SMILES string of the molecule is CCN1CCN(C2CCN(C)CC2)C[C@H]1C(=O)O. The molecule has 0 saturated carbocycles. The summed E-state index contributed by atoms with van der Waals surface area (Å²) >= 11 is 0. The zero-order valence-corrected chi connectivity index (χ0v) is 11.5. The van der Waals surface area contributed by atoms with Crippen LogP contribution in [0.1, 0.15) is 19.8 Å². The molecule has 18 heavy (non-hydrogen) atoms. The summed E-state index contributed by atoms with van der Waals surface area (Å²) < 4.78 is 0. The first-order valence-electron chi connectivity index (χ1n) is 7.01. The number of hydrogen-bond donors (Lipinski definition) is 1. The lowest BCUT2D eigenvalue weighted by Gasteiger charge is -2.44. The smallest absolute Gasteiger partial charge is 0.322 e. The number of aliphatic carboxylic acids is 1. The lowest BCUT2D eigenvalue weighted by molar-refractivity contribution is -0.146. The van der Waals surface area contributed by atoms with Crippen LogP contribution in [-0.2, 0) is 4.79 Å². The van der Waals surface area contributed by atoms with Crippen molar-refractivity contribution in [3.63, 3.8) is 0 Å². The second kappa shape index (κ2) is 5.99. The summed E-state index contributed by atoms with van der Waals surface area (Å²) in [7, 11) is 2.16. The average Bonchev–Trinajstić information content (AvgIpc) is 2.39. The molecule has 0 aromatic heterocycles. The standard InChI is InChI=1S/C13H25N3O2/c1-3-15-8-9-16(10-12(15)13(17)18)11-4-6-14(2)7-5-11/h11-12H,3-10H2,1-2H3,(H,17,18)/t12-/m0/s1. The number of carboxylic acids is 1. The number of rotatable bonds is 3. The van der Waals surface area contributed by atoms with Gasteiger partial charge in [0.1, 0.15) is 6.04 Å². The van der Waals surface area contributed by atoms with Crippen LogP contribution in [0.25, 0.3) is 0 Å².